The van der Waals surface area contributed by atoms with Crippen molar-refractivity contribution in [2.24, 2.45) is 5.92 Å². The number of ether oxygens (including phenoxy) is 1. The van der Waals surface area contributed by atoms with Gasteiger partial charge in [-0.3, -0.25) is 0 Å². The van der Waals surface area contributed by atoms with Crippen molar-refractivity contribution in [3.05, 3.63) is 6.33 Å². The summed E-state index contributed by atoms with van der Waals surface area (Å²) in [6.45, 7) is 11.6. The van der Waals surface area contributed by atoms with Gasteiger partial charge in [-0.15, -0.1) is 0 Å². The third-order valence-corrected chi connectivity index (χ3v) is 3.80. The van der Waals surface area contributed by atoms with E-state index in [1.54, 1.807) is 0 Å². The molecule has 1 aromatic heterocycles. The van der Waals surface area contributed by atoms with Crippen molar-refractivity contribution in [1.29, 1.82) is 0 Å². The molecule has 2 rings (SSSR count). The highest BCUT2D eigenvalue weighted by atomic mass is 16.5. The molecule has 0 spiro atoms. The fourth-order valence-corrected chi connectivity index (χ4v) is 2.58. The lowest BCUT2D eigenvalue weighted by Crippen LogP contribution is -2.29. The summed E-state index contributed by atoms with van der Waals surface area (Å²) in [6.07, 6.45) is 2.75. The third kappa shape index (κ3) is 4.20. The Hall–Kier alpha value is -1.56. The first-order valence-corrected chi connectivity index (χ1v) is 7.72. The van der Waals surface area contributed by atoms with Crippen LogP contribution in [0, 0.1) is 5.92 Å². The minimum absolute atomic E-state index is 0.0458. The molecule has 1 fully saturated rings. The molecular formula is C15H27N5O. The number of rotatable bonds is 6. The van der Waals surface area contributed by atoms with Crippen LogP contribution >= 0.6 is 0 Å². The summed E-state index contributed by atoms with van der Waals surface area (Å²) in [5.74, 6) is 1.76. The number of anilines is 2. The lowest BCUT2D eigenvalue weighted by atomic mass is 10.1. The second-order valence-corrected chi connectivity index (χ2v) is 6.23. The van der Waals surface area contributed by atoms with Crippen molar-refractivity contribution in [3.8, 4) is 5.88 Å². The number of nitrogen functional groups attached to an aromatic ring is 1. The molecule has 1 atom stereocenters. The largest absolute Gasteiger partial charge is 0.473 e. The zero-order valence-electron chi connectivity index (χ0n) is 13.5. The van der Waals surface area contributed by atoms with E-state index in [1.165, 1.54) is 19.3 Å². The van der Waals surface area contributed by atoms with Gasteiger partial charge in [0.25, 0.3) is 0 Å². The Morgan fingerprint density at radius 1 is 1.38 bits per heavy atom. The zero-order chi connectivity index (χ0) is 15.4. The number of hydrogen-bond acceptors (Lipinski definition) is 6. The molecule has 0 amide bonds. The van der Waals surface area contributed by atoms with E-state index in [-0.39, 0.29) is 6.10 Å². The molecule has 118 valence electrons. The summed E-state index contributed by atoms with van der Waals surface area (Å²) in [7, 11) is 0. The van der Waals surface area contributed by atoms with E-state index in [2.05, 4.69) is 34.0 Å². The van der Waals surface area contributed by atoms with Crippen LogP contribution in [0.4, 0.5) is 11.5 Å². The Labute approximate surface area is 127 Å². The summed E-state index contributed by atoms with van der Waals surface area (Å²) >= 11 is 0. The van der Waals surface area contributed by atoms with Crippen molar-refractivity contribution < 1.29 is 4.74 Å². The molecule has 0 radical (unpaired) electrons. The molecule has 0 aromatic carbocycles. The highest BCUT2D eigenvalue weighted by molar-refractivity contribution is 5.66. The van der Waals surface area contributed by atoms with E-state index >= 15 is 0 Å². The maximum atomic E-state index is 6.07. The van der Waals surface area contributed by atoms with Gasteiger partial charge in [-0.05, 0) is 46.6 Å². The fraction of sp³-hybridized carbons (Fsp3) is 0.733. The molecule has 1 aromatic rings. The quantitative estimate of drug-likeness (QED) is 0.835. The first-order valence-electron chi connectivity index (χ1n) is 7.72. The minimum Gasteiger partial charge on any atom is -0.473 e. The predicted molar refractivity (Wildman–Crippen MR) is 85.5 cm³/mol. The van der Waals surface area contributed by atoms with Crippen molar-refractivity contribution >= 4 is 11.5 Å². The Kier molecular flexibility index (Phi) is 5.22. The molecular weight excluding hydrogens is 266 g/mol. The van der Waals surface area contributed by atoms with Gasteiger partial charge in [-0.2, -0.15) is 4.98 Å². The van der Waals surface area contributed by atoms with Gasteiger partial charge >= 0.3 is 0 Å². The number of nitrogens with two attached hydrogens (primary N) is 1. The Balaban J connectivity index is 1.92. The standard InChI is InChI=1S/C15H27N5O/c1-10(2)20-6-5-12(8-20)7-17-14-13(16)15(19-9-18-14)21-11(3)4/h9-12H,5-8,16H2,1-4H3,(H,17,18,19). The van der Waals surface area contributed by atoms with Crippen LogP contribution in [0.5, 0.6) is 5.88 Å². The molecule has 21 heavy (non-hydrogen) atoms. The van der Waals surface area contributed by atoms with Crippen LogP contribution in [0.3, 0.4) is 0 Å². The molecule has 6 heteroatoms. The van der Waals surface area contributed by atoms with Gasteiger partial charge in [-0.25, -0.2) is 4.98 Å². The van der Waals surface area contributed by atoms with E-state index < -0.39 is 0 Å². The van der Waals surface area contributed by atoms with Crippen molar-refractivity contribution in [2.75, 3.05) is 30.7 Å². The zero-order valence-corrected chi connectivity index (χ0v) is 13.5. The molecule has 6 nitrogen and oxygen atoms in total. The second-order valence-electron chi connectivity index (χ2n) is 6.23. The van der Waals surface area contributed by atoms with Gasteiger partial charge in [-0.1, -0.05) is 0 Å². The van der Waals surface area contributed by atoms with Crippen molar-refractivity contribution in [3.63, 3.8) is 0 Å². The second kappa shape index (κ2) is 6.93. The number of nitrogens with one attached hydrogen (secondary N) is 1. The van der Waals surface area contributed by atoms with Crippen molar-refractivity contribution in [2.45, 2.75) is 46.3 Å². The lowest BCUT2D eigenvalue weighted by Gasteiger charge is -2.20. The smallest absolute Gasteiger partial charge is 0.242 e. The van der Waals surface area contributed by atoms with Gasteiger partial charge < -0.3 is 20.7 Å². The van der Waals surface area contributed by atoms with E-state index in [1.807, 2.05) is 13.8 Å². The first-order chi connectivity index (χ1) is 9.97. The molecule has 1 aliphatic rings. The van der Waals surface area contributed by atoms with E-state index in [0.717, 1.165) is 13.1 Å². The molecule has 1 saturated heterocycles. The maximum absolute atomic E-state index is 6.07. The van der Waals surface area contributed by atoms with Crippen LogP contribution in [0.15, 0.2) is 6.33 Å². The topological polar surface area (TPSA) is 76.3 Å². The molecule has 0 saturated carbocycles. The number of nitrogens with zero attached hydrogens (tertiary/aromatic N) is 3. The molecule has 0 bridgehead atoms. The monoisotopic (exact) mass is 293 g/mol. The van der Waals surface area contributed by atoms with Crippen LogP contribution < -0.4 is 15.8 Å². The number of likely N-dealkylation sites (tertiary alicyclic amines) is 1. The molecule has 0 aliphatic carbocycles. The van der Waals surface area contributed by atoms with Gasteiger partial charge in [0.15, 0.2) is 5.82 Å². The van der Waals surface area contributed by atoms with E-state index in [4.69, 9.17) is 10.5 Å². The maximum Gasteiger partial charge on any atom is 0.242 e. The van der Waals surface area contributed by atoms with Gasteiger partial charge in [0, 0.05) is 19.1 Å². The summed E-state index contributed by atoms with van der Waals surface area (Å²) in [5, 5.41) is 3.35. The highest BCUT2D eigenvalue weighted by Gasteiger charge is 2.24. The Morgan fingerprint density at radius 2 is 2.14 bits per heavy atom. The number of hydrogen-bond donors (Lipinski definition) is 2. The van der Waals surface area contributed by atoms with Gasteiger partial charge in [0.1, 0.15) is 12.0 Å². The van der Waals surface area contributed by atoms with Gasteiger partial charge in [0.05, 0.1) is 6.10 Å². The molecule has 2 heterocycles. The van der Waals surface area contributed by atoms with E-state index in [0.29, 0.717) is 29.3 Å². The average Bonchev–Trinajstić information content (AvgIpc) is 2.88. The Bertz CT molecular complexity index is 463. The molecule has 3 N–H and O–H groups in total. The summed E-state index contributed by atoms with van der Waals surface area (Å²) < 4.78 is 5.58. The Morgan fingerprint density at radius 3 is 2.76 bits per heavy atom. The van der Waals surface area contributed by atoms with Gasteiger partial charge in [0.2, 0.25) is 5.88 Å². The minimum atomic E-state index is 0.0458. The molecule has 1 unspecified atom stereocenters. The fourth-order valence-electron chi connectivity index (χ4n) is 2.58. The van der Waals surface area contributed by atoms with Crippen LogP contribution in [0.1, 0.15) is 34.1 Å². The average molecular weight is 293 g/mol. The first kappa shape index (κ1) is 15.8. The lowest BCUT2D eigenvalue weighted by molar-refractivity contribution is 0.234. The normalized spacial score (nSPS) is 19.4. The highest BCUT2D eigenvalue weighted by Crippen LogP contribution is 2.26. The summed E-state index contributed by atoms with van der Waals surface area (Å²) in [5.41, 5.74) is 6.56. The van der Waals surface area contributed by atoms with Crippen LogP contribution in [-0.4, -0.2) is 46.6 Å². The third-order valence-electron chi connectivity index (χ3n) is 3.80. The van der Waals surface area contributed by atoms with E-state index in [9.17, 15) is 0 Å². The summed E-state index contributed by atoms with van der Waals surface area (Å²) in [6, 6.07) is 0.616. The van der Waals surface area contributed by atoms with Crippen LogP contribution in [0.25, 0.3) is 0 Å². The summed E-state index contributed by atoms with van der Waals surface area (Å²) in [4.78, 5) is 10.8. The van der Waals surface area contributed by atoms with Crippen molar-refractivity contribution in [1.82, 2.24) is 14.9 Å². The SMILES string of the molecule is CC(C)Oc1ncnc(NCC2CCN(C(C)C)C2)c1N. The predicted octanol–water partition coefficient (Wildman–Crippen LogP) is 1.99. The molecule has 1 aliphatic heterocycles. The van der Waals surface area contributed by atoms with Crippen LogP contribution in [-0.2, 0) is 0 Å². The number of aromatic nitrogens is 2. The van der Waals surface area contributed by atoms with Crippen LogP contribution in [0.2, 0.25) is 0 Å².